The second-order valence-corrected chi connectivity index (χ2v) is 15.0. The van der Waals surface area contributed by atoms with Gasteiger partial charge in [0.15, 0.2) is 0 Å². The monoisotopic (exact) mass is 630 g/mol. The molecule has 1 heterocycles. The van der Waals surface area contributed by atoms with E-state index in [0.29, 0.717) is 36.2 Å². The van der Waals surface area contributed by atoms with Crippen LogP contribution in [-0.4, -0.2) is 57.8 Å². The van der Waals surface area contributed by atoms with E-state index in [4.69, 9.17) is 0 Å². The summed E-state index contributed by atoms with van der Waals surface area (Å²) in [4.78, 5) is 30.2. The number of benzene rings is 2. The van der Waals surface area contributed by atoms with Crippen LogP contribution in [-0.2, 0) is 6.42 Å². The average molecular weight is 631 g/mol. The zero-order valence-corrected chi connectivity index (χ0v) is 28.4. The number of hydrogen-bond acceptors (Lipinski definition) is 5. The highest BCUT2D eigenvalue weighted by atomic mass is 32.1. The highest BCUT2D eigenvalue weighted by Gasteiger charge is 2.57. The van der Waals surface area contributed by atoms with E-state index in [2.05, 4.69) is 44.3 Å². The van der Waals surface area contributed by atoms with E-state index in [0.717, 1.165) is 53.3 Å². The maximum Gasteiger partial charge on any atom is 0.317 e. The molecule has 0 radical (unpaired) electrons. The summed E-state index contributed by atoms with van der Waals surface area (Å²) in [6, 6.07) is 16.1. The molecule has 2 aromatic carbocycles. The normalized spacial score (nSPS) is 25.6. The molecule has 1 aromatic heterocycles. The number of fused-ring (bicyclic) bond motifs is 9. The summed E-state index contributed by atoms with van der Waals surface area (Å²) < 4.78 is 1.08. The van der Waals surface area contributed by atoms with Crippen LogP contribution in [0.15, 0.2) is 60.2 Å². The van der Waals surface area contributed by atoms with Gasteiger partial charge in [-0.05, 0) is 113 Å². The average Bonchev–Trinajstić information content (AvgIpc) is 3.54. The predicted octanol–water partition coefficient (Wildman–Crippen LogP) is 8.00. The minimum absolute atomic E-state index is 0.000357. The van der Waals surface area contributed by atoms with Gasteiger partial charge in [-0.3, -0.25) is 4.79 Å². The number of thiophene rings is 1. The van der Waals surface area contributed by atoms with Gasteiger partial charge in [-0.25, -0.2) is 4.79 Å². The fraction of sp³-hybridized carbons (Fsp3) is 0.526. The lowest BCUT2D eigenvalue weighted by molar-refractivity contribution is -0.0770. The molecular weight excluding hydrogens is 580 g/mol. The molecule has 6 nitrogen and oxygen atoms in total. The van der Waals surface area contributed by atoms with Crippen LogP contribution in [0.2, 0.25) is 0 Å². The van der Waals surface area contributed by atoms with Crippen molar-refractivity contribution >= 4 is 33.2 Å². The highest BCUT2D eigenvalue weighted by Crippen LogP contribution is 2.59. The van der Waals surface area contributed by atoms with Gasteiger partial charge in [0.1, 0.15) is 0 Å². The maximum absolute atomic E-state index is 14.4. The molecule has 0 saturated heterocycles. The fourth-order valence-corrected chi connectivity index (χ4v) is 8.62. The summed E-state index contributed by atoms with van der Waals surface area (Å²) >= 11 is 1.51. The minimum atomic E-state index is -1.13. The zero-order valence-electron chi connectivity index (χ0n) is 27.6. The largest absolute Gasteiger partial charge is 0.393 e. The molecule has 3 aromatic rings. The van der Waals surface area contributed by atoms with Gasteiger partial charge in [0.05, 0.1) is 23.1 Å². The predicted molar refractivity (Wildman–Crippen MR) is 184 cm³/mol. The van der Waals surface area contributed by atoms with Crippen molar-refractivity contribution in [1.82, 2.24) is 10.2 Å². The molecule has 7 heteroatoms. The summed E-state index contributed by atoms with van der Waals surface area (Å²) in [6.07, 6.45) is 7.27. The van der Waals surface area contributed by atoms with Crippen LogP contribution in [0.5, 0.6) is 0 Å². The van der Waals surface area contributed by atoms with E-state index >= 15 is 0 Å². The summed E-state index contributed by atoms with van der Waals surface area (Å²) in [7, 11) is 0. The Labute approximate surface area is 272 Å². The number of allylic oxidation sites excluding steroid dienone is 2. The Morgan fingerprint density at radius 2 is 1.89 bits per heavy atom. The Morgan fingerprint density at radius 3 is 2.62 bits per heavy atom. The van der Waals surface area contributed by atoms with Crippen LogP contribution in [0.3, 0.4) is 0 Å². The third-order valence-electron chi connectivity index (χ3n) is 10.2. The van der Waals surface area contributed by atoms with Crippen LogP contribution in [0, 0.1) is 5.41 Å². The van der Waals surface area contributed by atoms with E-state index < -0.39 is 17.1 Å². The smallest absolute Gasteiger partial charge is 0.317 e. The maximum atomic E-state index is 14.4. The van der Waals surface area contributed by atoms with Crippen LogP contribution >= 0.6 is 11.3 Å². The molecule has 45 heavy (non-hydrogen) atoms. The molecule has 0 aliphatic heterocycles. The van der Waals surface area contributed by atoms with Crippen molar-refractivity contribution in [2.75, 3.05) is 13.1 Å². The van der Waals surface area contributed by atoms with Crippen molar-refractivity contribution < 1.29 is 19.8 Å². The number of aliphatic hydroxyl groups excluding tert-OH is 1. The van der Waals surface area contributed by atoms with E-state index in [1.807, 2.05) is 50.2 Å². The lowest BCUT2D eigenvalue weighted by Gasteiger charge is -2.46. The van der Waals surface area contributed by atoms with Gasteiger partial charge in [-0.1, -0.05) is 55.8 Å². The standard InChI is InChI=1S/C38H50N2O4S/c1-6-20-40(36(43)39-25(2)3)24-38(44)19-17-32-30-16-14-27(21-29(41)15-13-26(4)10-9-18-37(32,38)5)22-31(30)35(42)34-23-28-11-7-8-12-33(28)45-34/h7-8,10-12,14,16,22-23,25,29,32,41,44H,6,9,13,15,17-21,24H2,1-5H3,(H,39,43). The molecule has 2 bridgehead atoms. The van der Waals surface area contributed by atoms with Gasteiger partial charge in [-0.2, -0.15) is 0 Å². The van der Waals surface area contributed by atoms with E-state index in [-0.39, 0.29) is 30.3 Å². The molecule has 4 atom stereocenters. The van der Waals surface area contributed by atoms with Gasteiger partial charge in [0.2, 0.25) is 5.78 Å². The summed E-state index contributed by atoms with van der Waals surface area (Å²) in [5, 5.41) is 27.7. The van der Waals surface area contributed by atoms with E-state index in [1.165, 1.54) is 16.9 Å². The molecule has 3 aliphatic carbocycles. The number of ketones is 1. The number of amides is 2. The van der Waals surface area contributed by atoms with Crippen LogP contribution in [0.4, 0.5) is 4.79 Å². The summed E-state index contributed by atoms with van der Waals surface area (Å²) in [6.45, 7) is 11.1. The number of hydrogen-bond donors (Lipinski definition) is 3. The summed E-state index contributed by atoms with van der Waals surface area (Å²) in [5.74, 6) is -0.0878. The lowest BCUT2D eigenvalue weighted by Crippen LogP contribution is -2.56. The molecule has 4 unspecified atom stereocenters. The van der Waals surface area contributed by atoms with Crippen LogP contribution in [0.1, 0.15) is 112 Å². The number of carbonyl (C=O) groups excluding carboxylic acids is 2. The molecule has 3 aliphatic rings. The van der Waals surface area contributed by atoms with Crippen LogP contribution < -0.4 is 5.32 Å². The van der Waals surface area contributed by atoms with Crippen molar-refractivity contribution in [3.8, 4) is 0 Å². The Hall–Kier alpha value is -3.00. The Morgan fingerprint density at radius 1 is 1.11 bits per heavy atom. The third kappa shape index (κ3) is 7.06. The second-order valence-electron chi connectivity index (χ2n) is 14.0. The second kappa shape index (κ2) is 13.8. The van der Waals surface area contributed by atoms with Crippen molar-refractivity contribution in [1.29, 1.82) is 0 Å². The van der Waals surface area contributed by atoms with Crippen molar-refractivity contribution in [3.05, 3.63) is 81.7 Å². The summed E-state index contributed by atoms with van der Waals surface area (Å²) in [5.41, 5.74) is 2.09. The first-order chi connectivity index (χ1) is 21.4. The quantitative estimate of drug-likeness (QED) is 0.182. The lowest BCUT2D eigenvalue weighted by atomic mass is 9.64. The Kier molecular flexibility index (Phi) is 10.2. The molecule has 3 N–H and O–H groups in total. The van der Waals surface area contributed by atoms with Gasteiger partial charge in [0, 0.05) is 28.3 Å². The molecular formula is C38H50N2O4S. The fourth-order valence-electron chi connectivity index (χ4n) is 7.60. The number of carbonyl (C=O) groups is 2. The molecule has 1 fully saturated rings. The molecule has 0 spiro atoms. The number of rotatable bonds is 7. The van der Waals surface area contributed by atoms with Gasteiger partial charge in [0.25, 0.3) is 0 Å². The Bertz CT molecular complexity index is 1530. The minimum Gasteiger partial charge on any atom is -0.393 e. The first kappa shape index (κ1) is 33.4. The van der Waals surface area contributed by atoms with Crippen LogP contribution in [0.25, 0.3) is 10.1 Å². The first-order valence-corrected chi connectivity index (χ1v) is 17.5. The van der Waals surface area contributed by atoms with Crippen molar-refractivity contribution in [2.45, 2.75) is 110 Å². The van der Waals surface area contributed by atoms with Crippen molar-refractivity contribution in [3.63, 3.8) is 0 Å². The number of urea groups is 1. The zero-order chi connectivity index (χ0) is 32.4. The van der Waals surface area contributed by atoms with Gasteiger partial charge < -0.3 is 20.4 Å². The van der Waals surface area contributed by atoms with Gasteiger partial charge >= 0.3 is 6.03 Å². The van der Waals surface area contributed by atoms with E-state index in [9.17, 15) is 19.8 Å². The molecule has 2 amide bonds. The first-order valence-electron chi connectivity index (χ1n) is 16.7. The molecule has 6 rings (SSSR count). The number of nitrogens with one attached hydrogen (secondary N) is 1. The highest BCUT2D eigenvalue weighted by molar-refractivity contribution is 7.21. The molecule has 242 valence electrons. The van der Waals surface area contributed by atoms with Crippen molar-refractivity contribution in [2.24, 2.45) is 5.41 Å². The molecule has 1 saturated carbocycles. The van der Waals surface area contributed by atoms with Gasteiger partial charge in [-0.15, -0.1) is 11.3 Å². The topological polar surface area (TPSA) is 89.9 Å². The number of aliphatic hydroxyl groups is 2. The Balaban J connectivity index is 1.60. The third-order valence-corrected chi connectivity index (χ3v) is 11.3. The number of nitrogens with zero attached hydrogens (tertiary/aromatic N) is 1. The SMILES string of the molecule is CCCN(CC1(O)CCC2c3ccc(cc3C(=O)c3cc4ccccc4s3)CC(O)CCC(C)=CCCC21C)C(=O)NC(C)C. The van der Waals surface area contributed by atoms with E-state index in [1.54, 1.807) is 4.90 Å².